The average Bonchev–Trinajstić information content (AvgIpc) is 3.91. The van der Waals surface area contributed by atoms with Crippen molar-refractivity contribution in [2.24, 2.45) is 0 Å². The molecule has 7 rings (SSSR count). The van der Waals surface area contributed by atoms with E-state index in [9.17, 15) is 9.65 Å². The number of rotatable bonds is 6. The second-order valence-corrected chi connectivity index (χ2v) is 11.6. The van der Waals surface area contributed by atoms with Crippen LogP contribution < -0.4 is 15.1 Å². The summed E-state index contributed by atoms with van der Waals surface area (Å²) < 4.78 is 15.5. The topological polar surface area (TPSA) is 133 Å². The van der Waals surface area contributed by atoms with Crippen LogP contribution in [0.5, 0.6) is 0 Å². The van der Waals surface area contributed by atoms with E-state index in [0.717, 1.165) is 73.9 Å². The molecule has 6 heterocycles. The molecule has 0 atom stereocenters. The van der Waals surface area contributed by atoms with Crippen LogP contribution in [0.25, 0.3) is 33.3 Å². The Morgan fingerprint density at radius 2 is 1.66 bits per heavy atom. The number of aromatic nitrogens is 5. The number of anilines is 3. The van der Waals surface area contributed by atoms with Crippen LogP contribution in [0.15, 0.2) is 55.0 Å². The minimum absolute atomic E-state index is 0. The Morgan fingerprint density at radius 1 is 1.00 bits per heavy atom. The third-order valence-corrected chi connectivity index (χ3v) is 8.74. The number of aliphatic hydroxyl groups is 1. The van der Waals surface area contributed by atoms with Crippen molar-refractivity contribution >= 4 is 33.9 Å². The summed E-state index contributed by atoms with van der Waals surface area (Å²) in [6.45, 7) is 7.84. The fraction of sp³-hybridized carbons (Fsp3) is 0.364. The number of hydrogen-bond donors (Lipinski definition) is 2. The fourth-order valence-corrected chi connectivity index (χ4v) is 6.18. The largest absolute Gasteiger partial charge is 0.659 e. The van der Waals surface area contributed by atoms with Crippen LogP contribution in [0.2, 0.25) is 0 Å². The molecular weight excluding hydrogens is 842 g/mol. The number of hydrogen-bond acceptors (Lipinski definition) is 10. The van der Waals surface area contributed by atoms with Crippen molar-refractivity contribution in [3.63, 3.8) is 0 Å². The first-order chi connectivity index (χ1) is 22.6. The summed E-state index contributed by atoms with van der Waals surface area (Å²) in [5.41, 5.74) is 4.82. The fourth-order valence-electron chi connectivity index (χ4n) is 5.33. The van der Waals surface area contributed by atoms with Crippen molar-refractivity contribution in [2.45, 2.75) is 26.2 Å². The molecule has 2 saturated heterocycles. The van der Waals surface area contributed by atoms with Crippen molar-refractivity contribution < 1.29 is 40.6 Å². The molecule has 11 nitrogen and oxygen atoms in total. The third-order valence-electron chi connectivity index (χ3n) is 7.70. The van der Waals surface area contributed by atoms with Gasteiger partial charge in [-0.1, -0.05) is 18.3 Å². The molecule has 2 aliphatic heterocycles. The zero-order chi connectivity index (χ0) is 32.5. The van der Waals surface area contributed by atoms with Crippen molar-refractivity contribution in [3.8, 4) is 28.5 Å². The first-order valence-corrected chi connectivity index (χ1v) is 16.1. The molecule has 5 aromatic rings. The molecule has 1 aromatic carbocycles. The van der Waals surface area contributed by atoms with E-state index in [1.54, 1.807) is 12.1 Å². The van der Waals surface area contributed by atoms with E-state index in [4.69, 9.17) is 15.1 Å². The Hall–Kier alpha value is -3.43. The number of aliphatic hydroxyl groups excluding tert-OH is 1. The van der Waals surface area contributed by atoms with Gasteiger partial charge in [0.2, 0.25) is 5.95 Å². The number of nitrogens with one attached hydrogen (secondary N) is 1. The van der Waals surface area contributed by atoms with Crippen LogP contribution in [0.1, 0.15) is 30.3 Å². The monoisotopic (exact) mass is 879 g/mol. The molecule has 0 bridgehead atoms. The van der Waals surface area contributed by atoms with E-state index < -0.39 is 0 Å². The number of piperazine rings is 1. The van der Waals surface area contributed by atoms with E-state index >= 15 is 0 Å². The summed E-state index contributed by atoms with van der Waals surface area (Å²) >= 11 is 1.30. The molecular formula is C33H38FN10OSU-. The zero-order valence-corrected chi connectivity index (χ0v) is 31.8. The number of fused-ring (bicyclic) bond motifs is 1. The maximum atomic E-state index is 13.5. The van der Waals surface area contributed by atoms with E-state index in [-0.39, 0.29) is 36.9 Å². The van der Waals surface area contributed by atoms with E-state index in [2.05, 4.69) is 38.5 Å². The number of pyridine rings is 1. The maximum Gasteiger partial charge on any atom is 0.225 e. The molecule has 0 spiro atoms. The summed E-state index contributed by atoms with van der Waals surface area (Å²) in [6.07, 6.45) is 9.24. The molecule has 0 saturated carbocycles. The first-order valence-electron chi connectivity index (χ1n) is 15.3. The minimum atomic E-state index is -0.332. The molecule has 2 fully saturated rings. The van der Waals surface area contributed by atoms with Gasteiger partial charge in [-0.3, -0.25) is 4.40 Å². The zero-order valence-electron chi connectivity index (χ0n) is 26.8. The molecule has 14 heteroatoms. The van der Waals surface area contributed by atoms with Gasteiger partial charge in [0.15, 0.2) is 5.13 Å². The number of halogens is 1. The molecule has 4 aromatic heterocycles. The second kappa shape index (κ2) is 17.6. The van der Waals surface area contributed by atoms with E-state index in [1.165, 1.54) is 49.4 Å². The number of benzene rings is 1. The summed E-state index contributed by atoms with van der Waals surface area (Å²) in [5, 5.41) is 25.0. The SMILES string of the molecule is C1CCNC1.CCc1nc2ccc(-c3cnc(N4CC[N-]CC4)nc3)cn2c1N(C)c1nc(-c2ccc(F)cc2)c(C#N)s1.CO.[U]. The number of nitriles is 1. The molecule has 0 aliphatic carbocycles. The average molecular weight is 880 g/mol. The van der Waals surface area contributed by atoms with Gasteiger partial charge in [-0.05, 0) is 68.8 Å². The van der Waals surface area contributed by atoms with Gasteiger partial charge in [0.25, 0.3) is 0 Å². The van der Waals surface area contributed by atoms with Crippen molar-refractivity contribution in [3.05, 3.63) is 76.7 Å². The minimum Gasteiger partial charge on any atom is -0.659 e. The normalized spacial score (nSPS) is 13.9. The Balaban J connectivity index is 0.000000564. The van der Waals surface area contributed by atoms with Crippen LogP contribution in [0.4, 0.5) is 21.3 Å². The van der Waals surface area contributed by atoms with Gasteiger partial charge in [0.05, 0.1) is 5.69 Å². The van der Waals surface area contributed by atoms with Crippen LogP contribution in [0, 0.1) is 48.3 Å². The second-order valence-electron chi connectivity index (χ2n) is 10.6. The number of nitrogens with zero attached hydrogens (tertiary/aromatic N) is 9. The Bertz CT molecular complexity index is 1750. The summed E-state index contributed by atoms with van der Waals surface area (Å²) in [4.78, 5) is 23.4. The molecule has 2 aliphatic rings. The molecule has 0 radical (unpaired) electrons. The van der Waals surface area contributed by atoms with Crippen LogP contribution in [-0.4, -0.2) is 82.9 Å². The standard InChI is InChI=1S/C28H25FN9S.C4H9N.CH4O.U/c1-3-22-26(36(2)28-35-25(23(14-30)39-28)18-4-7-21(29)8-5-18)38-17-19(6-9-24(38)34-22)20-15-32-27(33-16-20)37-12-10-31-11-13-37;1-2-4-5-3-1;1-2;/h4-9,15-17H,3,10-13H2,1-2H3;5H,1-4H2;2H,1H3;/q-1;;;. The smallest absolute Gasteiger partial charge is 0.225 e. The molecule has 47 heavy (non-hydrogen) atoms. The van der Waals surface area contributed by atoms with Crippen LogP contribution in [-0.2, 0) is 6.42 Å². The maximum absolute atomic E-state index is 13.5. The van der Waals surface area contributed by atoms with Gasteiger partial charge in [-0.15, -0.1) is 13.1 Å². The first kappa shape index (κ1) is 36.4. The van der Waals surface area contributed by atoms with Gasteiger partial charge in [-0.25, -0.2) is 24.3 Å². The Kier molecular flexibility index (Phi) is 13.7. The summed E-state index contributed by atoms with van der Waals surface area (Å²) in [7, 11) is 2.92. The van der Waals surface area contributed by atoms with Gasteiger partial charge in [-0.2, -0.15) is 5.26 Å². The van der Waals surface area contributed by atoms with Crippen LogP contribution in [0.3, 0.4) is 0 Å². The van der Waals surface area contributed by atoms with E-state index in [0.29, 0.717) is 21.3 Å². The predicted molar refractivity (Wildman–Crippen MR) is 181 cm³/mol. The van der Waals surface area contributed by atoms with E-state index in [1.807, 2.05) is 47.1 Å². The summed E-state index contributed by atoms with van der Waals surface area (Å²) in [5.74, 6) is 1.26. The Labute approximate surface area is 302 Å². The number of imidazole rings is 1. The number of thiazole rings is 1. The Morgan fingerprint density at radius 3 is 2.26 bits per heavy atom. The quantitative estimate of drug-likeness (QED) is 0.230. The van der Waals surface area contributed by atoms with Crippen molar-refractivity contribution in [1.82, 2.24) is 29.7 Å². The third kappa shape index (κ3) is 8.54. The molecule has 0 unspecified atom stereocenters. The van der Waals surface area contributed by atoms with Gasteiger partial charge >= 0.3 is 0 Å². The van der Waals surface area contributed by atoms with Crippen molar-refractivity contribution in [1.29, 1.82) is 5.26 Å². The van der Waals surface area contributed by atoms with Gasteiger partial charge < -0.3 is 25.5 Å². The van der Waals surface area contributed by atoms with Gasteiger partial charge in [0.1, 0.15) is 33.9 Å². The summed E-state index contributed by atoms with van der Waals surface area (Å²) in [6, 6.07) is 12.3. The predicted octanol–water partition coefficient (Wildman–Crippen LogP) is 5.43. The van der Waals surface area contributed by atoms with Crippen molar-refractivity contribution in [2.75, 3.05) is 63.2 Å². The molecule has 2 N–H and O–H groups in total. The van der Waals surface area contributed by atoms with Crippen LogP contribution >= 0.6 is 11.3 Å². The number of aryl methyl sites for hydroxylation is 1. The van der Waals surface area contributed by atoms with Gasteiger partial charge in [0, 0.05) is 93.6 Å². The molecule has 0 amide bonds. The molecule has 244 valence electrons.